The van der Waals surface area contributed by atoms with Gasteiger partial charge in [0, 0.05) is 30.5 Å². The molecule has 37 heavy (non-hydrogen) atoms. The molecule has 0 aliphatic carbocycles. The van der Waals surface area contributed by atoms with Gasteiger partial charge in [0.15, 0.2) is 5.09 Å². The van der Waals surface area contributed by atoms with E-state index >= 15 is 0 Å². The van der Waals surface area contributed by atoms with Gasteiger partial charge >= 0.3 is 22.2 Å². The number of halogens is 5. The minimum absolute atomic E-state index is 0.0230. The van der Waals surface area contributed by atoms with Crippen LogP contribution in [0.4, 0.5) is 17.6 Å². The van der Waals surface area contributed by atoms with Crippen molar-refractivity contribution in [1.29, 1.82) is 0 Å². The Morgan fingerprint density at radius 1 is 1.16 bits per heavy atom. The summed E-state index contributed by atoms with van der Waals surface area (Å²) in [6.07, 6.45) is -3.15. The number of nitrogens with zero attached hydrogens (tertiary/aromatic N) is 3. The van der Waals surface area contributed by atoms with Crippen molar-refractivity contribution in [3.8, 4) is 11.5 Å². The number of pyridine rings is 1. The molecule has 0 amide bonds. The summed E-state index contributed by atoms with van der Waals surface area (Å²) in [6, 6.07) is 8.70. The zero-order valence-electron chi connectivity index (χ0n) is 19.0. The molecule has 1 saturated heterocycles. The number of hydrogen-bond acceptors (Lipinski definition) is 8. The van der Waals surface area contributed by atoms with Gasteiger partial charge in [-0.1, -0.05) is 11.6 Å². The molecule has 0 saturated carbocycles. The summed E-state index contributed by atoms with van der Waals surface area (Å²) >= 11 is 7.02. The average molecular weight is 581 g/mol. The zero-order chi connectivity index (χ0) is 27.0. The summed E-state index contributed by atoms with van der Waals surface area (Å²) in [5, 5.41) is 1.26. The Morgan fingerprint density at radius 2 is 1.81 bits per heavy atom. The summed E-state index contributed by atoms with van der Waals surface area (Å²) < 4.78 is 81.2. The fourth-order valence-corrected chi connectivity index (χ4v) is 5.87. The van der Waals surface area contributed by atoms with Gasteiger partial charge in [0.25, 0.3) is 0 Å². The molecule has 0 N–H and O–H groups in total. The quantitative estimate of drug-likeness (QED) is 0.284. The number of hydroxylamine groups is 2. The van der Waals surface area contributed by atoms with Crippen LogP contribution >= 0.6 is 23.4 Å². The maximum absolute atomic E-state index is 13.4. The van der Waals surface area contributed by atoms with Crippen LogP contribution in [0.5, 0.6) is 0 Å². The van der Waals surface area contributed by atoms with E-state index in [0.717, 1.165) is 11.8 Å². The first kappa shape index (κ1) is 27.4. The van der Waals surface area contributed by atoms with Crippen molar-refractivity contribution < 1.29 is 44.1 Å². The van der Waals surface area contributed by atoms with Crippen molar-refractivity contribution in [3.63, 3.8) is 0 Å². The second-order valence-electron chi connectivity index (χ2n) is 8.26. The molecule has 0 bridgehead atoms. The first-order valence-electron chi connectivity index (χ1n) is 10.7. The number of carbonyl (C=O) groups excluding carboxylic acids is 1. The van der Waals surface area contributed by atoms with Crippen LogP contribution in [0.2, 0.25) is 5.02 Å². The minimum Gasteiger partial charge on any atom is -0.429 e. The summed E-state index contributed by atoms with van der Waals surface area (Å²) in [5.74, 6) is -3.30. The van der Waals surface area contributed by atoms with Crippen LogP contribution in [0.3, 0.4) is 0 Å². The SMILES string of the molecule is CS(=O)(=O)[N+]1(OC(=O)C(F)(F)F)CCC(c2nc(-c3ccc(F)cc3)oc2Sc2ccc(Cl)cn2)CC1. The van der Waals surface area contributed by atoms with E-state index < -0.39 is 51.0 Å². The number of piperidine rings is 1. The Morgan fingerprint density at radius 3 is 2.35 bits per heavy atom. The van der Waals surface area contributed by atoms with E-state index in [-0.39, 0.29) is 18.7 Å². The van der Waals surface area contributed by atoms with Crippen molar-refractivity contribution in [1.82, 2.24) is 9.97 Å². The molecule has 2 aromatic heterocycles. The molecule has 0 atom stereocenters. The lowest BCUT2D eigenvalue weighted by atomic mass is 9.95. The van der Waals surface area contributed by atoms with Crippen LogP contribution < -0.4 is 0 Å². The fraction of sp³-hybridized carbons (Fsp3) is 0.318. The van der Waals surface area contributed by atoms with Gasteiger partial charge in [0.2, 0.25) is 5.89 Å². The smallest absolute Gasteiger partial charge is 0.429 e. The van der Waals surface area contributed by atoms with E-state index in [4.69, 9.17) is 16.0 Å². The van der Waals surface area contributed by atoms with Gasteiger partial charge in [-0.25, -0.2) is 24.0 Å². The summed E-state index contributed by atoms with van der Waals surface area (Å²) in [7, 11) is -4.27. The second kappa shape index (κ2) is 10.2. The molecular formula is C22H19ClF4N3O5S2+. The average Bonchev–Trinajstić information content (AvgIpc) is 3.24. The lowest BCUT2D eigenvalue weighted by Gasteiger charge is -2.37. The Labute approximate surface area is 218 Å². The highest BCUT2D eigenvalue weighted by molar-refractivity contribution is 7.99. The number of hydrogen-bond donors (Lipinski definition) is 0. The van der Waals surface area contributed by atoms with Crippen LogP contribution in [0.1, 0.15) is 24.5 Å². The molecule has 1 aliphatic heterocycles. The molecular weight excluding hydrogens is 562 g/mol. The third-order valence-electron chi connectivity index (χ3n) is 5.72. The predicted octanol–water partition coefficient (Wildman–Crippen LogP) is 5.35. The Balaban J connectivity index is 1.65. The zero-order valence-corrected chi connectivity index (χ0v) is 21.4. The summed E-state index contributed by atoms with van der Waals surface area (Å²) in [4.78, 5) is 24.8. The number of oxazole rings is 1. The molecule has 0 unspecified atom stereocenters. The number of rotatable bonds is 6. The molecule has 3 aromatic rings. The largest absolute Gasteiger partial charge is 0.497 e. The third kappa shape index (κ3) is 6.08. The Bertz CT molecular complexity index is 1390. The van der Waals surface area contributed by atoms with Gasteiger partial charge in [-0.3, -0.25) is 0 Å². The van der Waals surface area contributed by atoms with Crippen molar-refractivity contribution in [2.45, 2.75) is 35.1 Å². The van der Waals surface area contributed by atoms with Gasteiger partial charge in [-0.2, -0.15) is 21.6 Å². The first-order valence-corrected chi connectivity index (χ1v) is 13.8. The highest BCUT2D eigenvalue weighted by Gasteiger charge is 2.54. The molecule has 1 aromatic carbocycles. The van der Waals surface area contributed by atoms with Crippen molar-refractivity contribution >= 4 is 39.4 Å². The van der Waals surface area contributed by atoms with Crippen molar-refractivity contribution in [2.75, 3.05) is 19.3 Å². The molecule has 15 heteroatoms. The molecule has 4 rings (SSSR count). The third-order valence-corrected chi connectivity index (χ3v) is 8.52. The van der Waals surface area contributed by atoms with Crippen molar-refractivity contribution in [3.05, 3.63) is 59.1 Å². The van der Waals surface area contributed by atoms with Gasteiger partial charge in [0.1, 0.15) is 23.9 Å². The number of quaternary nitrogens is 1. The monoisotopic (exact) mass is 580 g/mol. The number of alkyl halides is 3. The van der Waals surface area contributed by atoms with Crippen molar-refractivity contribution in [2.24, 2.45) is 0 Å². The van der Waals surface area contributed by atoms with E-state index in [1.165, 1.54) is 30.5 Å². The van der Waals surface area contributed by atoms with Gasteiger partial charge in [0.05, 0.1) is 17.0 Å². The van der Waals surface area contributed by atoms with E-state index in [2.05, 4.69) is 14.8 Å². The minimum atomic E-state index is -5.35. The second-order valence-corrected chi connectivity index (χ2v) is 11.8. The van der Waals surface area contributed by atoms with Gasteiger partial charge in [-0.05, 0) is 52.2 Å². The highest BCUT2D eigenvalue weighted by atomic mass is 35.5. The first-order chi connectivity index (χ1) is 17.3. The van der Waals surface area contributed by atoms with E-state index in [9.17, 15) is 30.8 Å². The Kier molecular flexibility index (Phi) is 7.57. The molecule has 198 valence electrons. The molecule has 1 aliphatic rings. The van der Waals surface area contributed by atoms with E-state index in [1.807, 2.05) is 0 Å². The fourth-order valence-electron chi connectivity index (χ4n) is 3.81. The maximum Gasteiger partial charge on any atom is 0.497 e. The number of carbonyl (C=O) groups is 1. The summed E-state index contributed by atoms with van der Waals surface area (Å²) in [6.45, 7) is -0.847. The van der Waals surface area contributed by atoms with Gasteiger partial charge in [-0.15, -0.1) is 0 Å². The molecule has 1 fully saturated rings. The van der Waals surface area contributed by atoms with Gasteiger partial charge < -0.3 is 4.42 Å². The van der Waals surface area contributed by atoms with E-state index in [0.29, 0.717) is 32.7 Å². The predicted molar refractivity (Wildman–Crippen MR) is 124 cm³/mol. The summed E-state index contributed by atoms with van der Waals surface area (Å²) in [5.41, 5.74) is 0.907. The number of benzene rings is 1. The van der Waals surface area contributed by atoms with Crippen LogP contribution in [0, 0.1) is 5.82 Å². The molecule has 0 spiro atoms. The van der Waals surface area contributed by atoms with Crippen LogP contribution in [-0.4, -0.2) is 53.9 Å². The highest BCUT2D eigenvalue weighted by Crippen LogP contribution is 2.42. The van der Waals surface area contributed by atoms with E-state index in [1.54, 1.807) is 12.1 Å². The Hall–Kier alpha value is -2.68. The number of sulfonamides is 1. The lowest BCUT2D eigenvalue weighted by molar-refractivity contribution is -0.992. The van der Waals surface area contributed by atoms with Crippen LogP contribution in [-0.2, 0) is 19.7 Å². The van der Waals surface area contributed by atoms with Crippen LogP contribution in [0.15, 0.2) is 57.1 Å². The number of aromatic nitrogens is 2. The maximum atomic E-state index is 13.4. The van der Waals surface area contributed by atoms with Crippen LogP contribution in [0.25, 0.3) is 11.5 Å². The molecule has 0 radical (unpaired) electrons. The standard InChI is InChI=1S/C22H19ClF4N3O5S2/c1-37(32,33)30(35-21(31)22(25,26)27)10-8-13(9-11-30)18-20(36-17-7-4-15(23)12-28-17)34-19(29-18)14-2-5-16(24)6-3-14/h2-7,12-13H,8-11H2,1H3/q+1. The normalized spacial score (nSPS) is 20.5. The lowest BCUT2D eigenvalue weighted by Crippen LogP contribution is -2.58. The topological polar surface area (TPSA) is 99.4 Å². The molecule has 8 nitrogen and oxygen atoms in total. The molecule has 3 heterocycles.